The van der Waals surface area contributed by atoms with Crippen molar-refractivity contribution in [2.24, 2.45) is 12.5 Å². The molecule has 35 heavy (non-hydrogen) atoms. The zero-order valence-electron chi connectivity index (χ0n) is 20.9. The molecule has 0 saturated heterocycles. The largest absolute Gasteiger partial charge is 0.307 e. The van der Waals surface area contributed by atoms with Crippen molar-refractivity contribution in [1.29, 1.82) is 5.26 Å². The molecule has 1 aliphatic carbocycles. The predicted octanol–water partition coefficient (Wildman–Crippen LogP) is 7.68. The van der Waals surface area contributed by atoms with E-state index in [1.165, 1.54) is 69.5 Å². The second kappa shape index (κ2) is 6.95. The number of fused-ring (bicyclic) bond motifs is 5. The maximum absolute atomic E-state index is 10.1. The summed E-state index contributed by atoms with van der Waals surface area (Å²) in [5.41, 5.74) is 8.73. The minimum absolute atomic E-state index is 0.454. The molecule has 1 fully saturated rings. The van der Waals surface area contributed by atoms with E-state index in [0.29, 0.717) is 11.3 Å². The third-order valence-electron chi connectivity index (χ3n) is 8.78. The molecule has 3 aromatic heterocycles. The molecule has 0 amide bonds. The van der Waals surface area contributed by atoms with Crippen molar-refractivity contribution in [3.63, 3.8) is 0 Å². The molecule has 1 aliphatic rings. The van der Waals surface area contributed by atoms with E-state index in [1.54, 1.807) is 0 Å². The minimum Gasteiger partial charge on any atom is -0.307 e. The van der Waals surface area contributed by atoms with Crippen LogP contribution in [0.1, 0.15) is 62.1 Å². The average Bonchev–Trinajstić information content (AvgIpc) is 3.19. The first kappa shape index (κ1) is 20.7. The summed E-state index contributed by atoms with van der Waals surface area (Å²) in [6.07, 6.45) is 7.27. The Bertz CT molecular complexity index is 1850. The number of nitriles is 1. The Labute approximate surface area is 205 Å². The first-order valence-corrected chi connectivity index (χ1v) is 12.8. The monoisotopic (exact) mass is 456 g/mol. The van der Waals surface area contributed by atoms with E-state index in [4.69, 9.17) is 0 Å². The van der Waals surface area contributed by atoms with Gasteiger partial charge in [-0.25, -0.2) is 4.57 Å². The third kappa shape index (κ3) is 2.74. The van der Waals surface area contributed by atoms with Crippen LogP contribution in [-0.4, -0.2) is 4.40 Å². The predicted molar refractivity (Wildman–Crippen MR) is 144 cm³/mol. The number of hydrogen-bond donors (Lipinski definition) is 0. The highest BCUT2D eigenvalue weighted by atomic mass is 15.0. The fourth-order valence-corrected chi connectivity index (χ4v) is 6.88. The van der Waals surface area contributed by atoms with Gasteiger partial charge in [-0.1, -0.05) is 38.1 Å². The highest BCUT2D eigenvalue weighted by Gasteiger charge is 2.30. The number of hydrogen-bond acceptors (Lipinski definition) is 1. The van der Waals surface area contributed by atoms with Crippen LogP contribution in [0.2, 0.25) is 0 Å². The van der Waals surface area contributed by atoms with Crippen LogP contribution in [0.5, 0.6) is 0 Å². The summed E-state index contributed by atoms with van der Waals surface area (Å²) in [5, 5.41) is 16.2. The topological polar surface area (TPSA) is 32.1 Å². The number of aromatic nitrogens is 2. The molecule has 6 aromatic rings. The van der Waals surface area contributed by atoms with Crippen LogP contribution >= 0.6 is 0 Å². The molecule has 7 rings (SSSR count). The van der Waals surface area contributed by atoms with E-state index in [9.17, 15) is 5.26 Å². The van der Waals surface area contributed by atoms with Gasteiger partial charge in [0, 0.05) is 16.8 Å². The fraction of sp³-hybridized carbons (Fsp3) is 0.312. The van der Waals surface area contributed by atoms with Crippen LogP contribution in [0, 0.1) is 23.7 Å². The molecule has 0 bridgehead atoms. The van der Waals surface area contributed by atoms with Gasteiger partial charge in [0.2, 0.25) is 5.52 Å². The van der Waals surface area contributed by atoms with Crippen molar-refractivity contribution >= 4 is 49.0 Å². The van der Waals surface area contributed by atoms with Crippen molar-refractivity contribution in [3.8, 4) is 6.07 Å². The van der Waals surface area contributed by atoms with Crippen molar-refractivity contribution in [2.45, 2.75) is 52.4 Å². The summed E-state index contributed by atoms with van der Waals surface area (Å²) < 4.78 is 4.73. The highest BCUT2D eigenvalue weighted by Crippen LogP contribution is 2.46. The molecule has 3 heterocycles. The highest BCUT2D eigenvalue weighted by molar-refractivity contribution is 6.26. The average molecular weight is 457 g/mol. The molecule has 3 aromatic carbocycles. The Hall–Kier alpha value is -3.64. The standard InChI is InChI=1S/C32H30N3/c1-19-15-23(18-33)28-24-7-5-6-8-25(24)35-26-17-22(20-9-12-32(2,3)13-10-20)16-21-11-14-34(4)30(29(21)26)27(19)31(28)35/h5-8,11,14-17,20H,9-10,12-13H2,1-4H3/q+1. The van der Waals surface area contributed by atoms with Crippen molar-refractivity contribution in [2.75, 3.05) is 0 Å². The number of para-hydroxylation sites is 1. The van der Waals surface area contributed by atoms with E-state index in [-0.39, 0.29) is 0 Å². The number of nitrogens with zero attached hydrogens (tertiary/aromatic N) is 3. The van der Waals surface area contributed by atoms with Crippen LogP contribution in [0.15, 0.2) is 54.7 Å². The number of aryl methyl sites for hydroxylation is 2. The second-order valence-electron chi connectivity index (χ2n) is 11.5. The van der Waals surface area contributed by atoms with Crippen LogP contribution in [0.3, 0.4) is 0 Å². The van der Waals surface area contributed by atoms with Crippen LogP contribution in [0.25, 0.3) is 49.0 Å². The summed E-state index contributed by atoms with van der Waals surface area (Å²) in [5.74, 6) is 0.604. The molecule has 3 nitrogen and oxygen atoms in total. The minimum atomic E-state index is 0.454. The van der Waals surface area contributed by atoms with Gasteiger partial charge in [-0.2, -0.15) is 5.26 Å². The van der Waals surface area contributed by atoms with Crippen LogP contribution in [0.4, 0.5) is 0 Å². The first-order valence-electron chi connectivity index (χ1n) is 12.8. The zero-order chi connectivity index (χ0) is 24.1. The molecule has 1 saturated carbocycles. The molecular formula is C32H30N3+. The smallest absolute Gasteiger partial charge is 0.224 e. The van der Waals surface area contributed by atoms with Gasteiger partial charge in [0.05, 0.1) is 39.0 Å². The Kier molecular flexibility index (Phi) is 4.11. The Balaban J connectivity index is 1.71. The summed E-state index contributed by atoms with van der Waals surface area (Å²) in [4.78, 5) is 0. The second-order valence-corrected chi connectivity index (χ2v) is 11.5. The van der Waals surface area contributed by atoms with Crippen molar-refractivity contribution in [1.82, 2.24) is 4.40 Å². The van der Waals surface area contributed by atoms with E-state index < -0.39 is 0 Å². The lowest BCUT2D eigenvalue weighted by Crippen LogP contribution is -2.29. The van der Waals surface area contributed by atoms with Gasteiger partial charge in [0.1, 0.15) is 7.05 Å². The fourth-order valence-electron chi connectivity index (χ4n) is 6.88. The normalized spacial score (nSPS) is 16.8. The molecule has 0 radical (unpaired) electrons. The van der Waals surface area contributed by atoms with Gasteiger partial charge < -0.3 is 4.40 Å². The number of benzene rings is 3. The number of pyridine rings is 2. The molecule has 0 unspecified atom stereocenters. The van der Waals surface area contributed by atoms with E-state index >= 15 is 0 Å². The van der Waals surface area contributed by atoms with Gasteiger partial charge in [-0.15, -0.1) is 0 Å². The lowest BCUT2D eigenvalue weighted by atomic mass is 9.71. The summed E-state index contributed by atoms with van der Waals surface area (Å²) in [6, 6.07) is 20.4. The van der Waals surface area contributed by atoms with Crippen molar-refractivity contribution in [3.05, 3.63) is 71.4 Å². The maximum Gasteiger partial charge on any atom is 0.224 e. The lowest BCUT2D eigenvalue weighted by molar-refractivity contribution is -0.643. The first-order chi connectivity index (χ1) is 16.9. The molecule has 172 valence electrons. The van der Waals surface area contributed by atoms with E-state index in [1.807, 2.05) is 0 Å². The molecule has 0 spiro atoms. The molecule has 3 heteroatoms. The van der Waals surface area contributed by atoms with Gasteiger partial charge in [-0.05, 0) is 78.7 Å². The molecule has 0 aliphatic heterocycles. The zero-order valence-corrected chi connectivity index (χ0v) is 20.9. The van der Waals surface area contributed by atoms with Crippen LogP contribution in [-0.2, 0) is 7.05 Å². The van der Waals surface area contributed by atoms with Crippen LogP contribution < -0.4 is 4.57 Å². The SMILES string of the molecule is Cc1cc(C#N)c2c3ccccc3n3c4cc(C5CCC(C)(C)CC5)cc5cc[n+](C)c(c1c23)c54. The quantitative estimate of drug-likeness (QED) is 0.142. The number of rotatable bonds is 1. The summed E-state index contributed by atoms with van der Waals surface area (Å²) in [7, 11) is 2.15. The third-order valence-corrected chi connectivity index (χ3v) is 8.78. The van der Waals surface area contributed by atoms with Gasteiger partial charge in [0.15, 0.2) is 6.20 Å². The maximum atomic E-state index is 10.1. The Morgan fingerprint density at radius 3 is 2.51 bits per heavy atom. The lowest BCUT2D eigenvalue weighted by Gasteiger charge is -2.34. The summed E-state index contributed by atoms with van der Waals surface area (Å²) in [6.45, 7) is 6.97. The Morgan fingerprint density at radius 2 is 1.74 bits per heavy atom. The molecule has 0 N–H and O–H groups in total. The van der Waals surface area contributed by atoms with Gasteiger partial charge in [-0.3, -0.25) is 0 Å². The van der Waals surface area contributed by atoms with Gasteiger partial charge >= 0.3 is 0 Å². The summed E-state index contributed by atoms with van der Waals surface area (Å²) >= 11 is 0. The molecular weight excluding hydrogens is 426 g/mol. The van der Waals surface area contributed by atoms with E-state index in [2.05, 4.69) is 97.6 Å². The Morgan fingerprint density at radius 1 is 0.971 bits per heavy atom. The van der Waals surface area contributed by atoms with E-state index in [0.717, 1.165) is 21.9 Å². The molecule has 0 atom stereocenters. The van der Waals surface area contributed by atoms with Crippen molar-refractivity contribution < 1.29 is 4.57 Å². The van der Waals surface area contributed by atoms with Gasteiger partial charge in [0.25, 0.3) is 0 Å².